The maximum Gasteiger partial charge on any atom is 0.224 e. The predicted octanol–water partition coefficient (Wildman–Crippen LogP) is 3.52. The van der Waals surface area contributed by atoms with Crippen LogP contribution in [0.2, 0.25) is 0 Å². The summed E-state index contributed by atoms with van der Waals surface area (Å²) < 4.78 is 11.8. The van der Waals surface area contributed by atoms with Crippen LogP contribution in [0.5, 0.6) is 11.5 Å². The third-order valence-corrected chi connectivity index (χ3v) is 4.12. The molecule has 1 aliphatic carbocycles. The van der Waals surface area contributed by atoms with Gasteiger partial charge in [-0.2, -0.15) is 0 Å². The highest BCUT2D eigenvalue weighted by Gasteiger charge is 2.18. The third kappa shape index (κ3) is 2.98. The molecule has 1 amide bonds. The Labute approximate surface area is 126 Å². The lowest BCUT2D eigenvalue weighted by Crippen LogP contribution is -2.17. The van der Waals surface area contributed by atoms with Crippen LogP contribution >= 0.6 is 15.9 Å². The van der Waals surface area contributed by atoms with Crippen molar-refractivity contribution in [1.29, 1.82) is 0 Å². The van der Waals surface area contributed by atoms with Gasteiger partial charge in [-0.3, -0.25) is 4.79 Å². The van der Waals surface area contributed by atoms with Gasteiger partial charge in [0.1, 0.15) is 13.2 Å². The summed E-state index contributed by atoms with van der Waals surface area (Å²) in [5.41, 5.74) is 0.723. The van der Waals surface area contributed by atoms with Gasteiger partial charge in [0.15, 0.2) is 11.5 Å². The van der Waals surface area contributed by atoms with Gasteiger partial charge < -0.3 is 14.8 Å². The Morgan fingerprint density at radius 3 is 2.75 bits per heavy atom. The lowest BCUT2D eigenvalue weighted by atomic mass is 10.1. The molecule has 2 aliphatic rings. The zero-order chi connectivity index (χ0) is 13.9. The quantitative estimate of drug-likeness (QED) is 0.858. The molecule has 0 aromatic heterocycles. The number of nitrogens with one attached hydrogen (secondary N) is 1. The number of carbonyl (C=O) groups excluding carboxylic acids is 1. The van der Waals surface area contributed by atoms with Gasteiger partial charge in [-0.15, -0.1) is 0 Å². The molecule has 0 saturated carbocycles. The van der Waals surface area contributed by atoms with Crippen LogP contribution in [-0.4, -0.2) is 19.1 Å². The molecule has 1 atom stereocenters. The van der Waals surface area contributed by atoms with E-state index in [9.17, 15) is 4.79 Å². The number of allylic oxidation sites excluding steroid dienone is 2. The number of ether oxygens (including phenoxy) is 2. The zero-order valence-corrected chi connectivity index (χ0v) is 12.6. The highest BCUT2D eigenvalue weighted by molar-refractivity contribution is 9.10. The number of fused-ring (bicyclic) bond motifs is 1. The molecular weight excluding hydrogens is 322 g/mol. The lowest BCUT2D eigenvalue weighted by Gasteiger charge is -2.20. The second-order valence-electron chi connectivity index (χ2n) is 4.99. The molecule has 5 heteroatoms. The first kappa shape index (κ1) is 13.5. The molecule has 0 bridgehead atoms. The number of benzene rings is 1. The van der Waals surface area contributed by atoms with E-state index in [0.717, 1.165) is 23.0 Å². The maximum atomic E-state index is 12.1. The molecule has 0 radical (unpaired) electrons. The van der Waals surface area contributed by atoms with Gasteiger partial charge in [-0.25, -0.2) is 0 Å². The minimum Gasteiger partial charge on any atom is -0.486 e. The summed E-state index contributed by atoms with van der Waals surface area (Å²) in [6.45, 7) is 1.09. The van der Waals surface area contributed by atoms with E-state index in [1.165, 1.54) is 0 Å². The van der Waals surface area contributed by atoms with Crippen LogP contribution in [0, 0.1) is 5.92 Å². The van der Waals surface area contributed by atoms with E-state index in [-0.39, 0.29) is 5.91 Å². The Bertz CT molecular complexity index is 556. The van der Waals surface area contributed by atoms with E-state index in [1.807, 2.05) is 6.07 Å². The Morgan fingerprint density at radius 1 is 1.30 bits per heavy atom. The average Bonchev–Trinajstić information content (AvgIpc) is 2.92. The normalized spacial score (nSPS) is 19.9. The van der Waals surface area contributed by atoms with Crippen molar-refractivity contribution >= 4 is 27.5 Å². The Kier molecular flexibility index (Phi) is 3.96. The van der Waals surface area contributed by atoms with Crippen LogP contribution in [0.4, 0.5) is 5.69 Å². The van der Waals surface area contributed by atoms with Crippen molar-refractivity contribution in [3.8, 4) is 11.5 Å². The van der Waals surface area contributed by atoms with Gasteiger partial charge in [0, 0.05) is 23.0 Å². The Balaban J connectivity index is 1.70. The van der Waals surface area contributed by atoms with E-state index in [1.54, 1.807) is 6.07 Å². The molecule has 1 aliphatic heterocycles. The van der Waals surface area contributed by atoms with Gasteiger partial charge in [0.25, 0.3) is 0 Å². The van der Waals surface area contributed by atoms with Crippen molar-refractivity contribution in [2.45, 2.75) is 19.3 Å². The monoisotopic (exact) mass is 337 g/mol. The van der Waals surface area contributed by atoms with Gasteiger partial charge in [-0.1, -0.05) is 12.2 Å². The SMILES string of the molecule is O=C(C[C@H]1C=CCC1)Nc1cc2c(cc1Br)OCCO2. The number of anilines is 1. The van der Waals surface area contributed by atoms with E-state index in [0.29, 0.717) is 37.1 Å². The Hall–Kier alpha value is -1.49. The minimum absolute atomic E-state index is 0.0268. The topological polar surface area (TPSA) is 47.6 Å². The fourth-order valence-electron chi connectivity index (χ4n) is 2.46. The maximum absolute atomic E-state index is 12.1. The molecule has 1 aromatic carbocycles. The van der Waals surface area contributed by atoms with Gasteiger partial charge in [0.05, 0.1) is 5.69 Å². The van der Waals surface area contributed by atoms with E-state index in [2.05, 4.69) is 33.4 Å². The van der Waals surface area contributed by atoms with Crippen molar-refractivity contribution in [1.82, 2.24) is 0 Å². The summed E-state index contributed by atoms with van der Waals surface area (Å²) in [6, 6.07) is 3.64. The smallest absolute Gasteiger partial charge is 0.224 e. The number of hydrogen-bond acceptors (Lipinski definition) is 3. The minimum atomic E-state index is 0.0268. The van der Waals surface area contributed by atoms with Gasteiger partial charge >= 0.3 is 0 Å². The molecule has 106 valence electrons. The van der Waals surface area contributed by atoms with Crippen molar-refractivity contribution in [2.75, 3.05) is 18.5 Å². The van der Waals surface area contributed by atoms with Crippen LogP contribution in [0.1, 0.15) is 19.3 Å². The van der Waals surface area contributed by atoms with E-state index >= 15 is 0 Å². The summed E-state index contributed by atoms with van der Waals surface area (Å²) in [5, 5.41) is 2.93. The molecule has 0 fully saturated rings. The van der Waals surface area contributed by atoms with E-state index in [4.69, 9.17) is 9.47 Å². The molecule has 0 unspecified atom stereocenters. The van der Waals surface area contributed by atoms with Gasteiger partial charge in [-0.05, 0) is 34.7 Å². The van der Waals surface area contributed by atoms with Crippen LogP contribution in [0.25, 0.3) is 0 Å². The Morgan fingerprint density at radius 2 is 2.05 bits per heavy atom. The molecule has 1 aromatic rings. The van der Waals surface area contributed by atoms with Crippen LogP contribution in [0.3, 0.4) is 0 Å². The number of amides is 1. The number of rotatable bonds is 3. The molecular formula is C15H16BrNO3. The fourth-order valence-corrected chi connectivity index (χ4v) is 2.89. The third-order valence-electron chi connectivity index (χ3n) is 3.47. The number of carbonyl (C=O) groups is 1. The van der Waals surface area contributed by atoms with Crippen LogP contribution < -0.4 is 14.8 Å². The highest BCUT2D eigenvalue weighted by atomic mass is 79.9. The first-order chi connectivity index (χ1) is 9.72. The number of hydrogen-bond donors (Lipinski definition) is 1. The molecule has 20 heavy (non-hydrogen) atoms. The van der Waals surface area contributed by atoms with Crippen molar-refractivity contribution in [3.63, 3.8) is 0 Å². The highest BCUT2D eigenvalue weighted by Crippen LogP contribution is 2.38. The standard InChI is InChI=1S/C15H16BrNO3/c16-11-8-13-14(20-6-5-19-13)9-12(11)17-15(18)7-10-3-1-2-4-10/h1,3,8-10H,2,4-7H2,(H,17,18)/t10-/m0/s1. The first-order valence-corrected chi connectivity index (χ1v) is 7.57. The van der Waals surface area contributed by atoms with Crippen molar-refractivity contribution < 1.29 is 14.3 Å². The van der Waals surface area contributed by atoms with E-state index < -0.39 is 0 Å². The molecule has 1 N–H and O–H groups in total. The molecule has 1 heterocycles. The number of halogens is 1. The molecule has 0 spiro atoms. The largest absolute Gasteiger partial charge is 0.486 e. The van der Waals surface area contributed by atoms with Crippen molar-refractivity contribution in [3.05, 3.63) is 28.8 Å². The molecule has 3 rings (SSSR count). The summed E-state index contributed by atoms with van der Waals surface area (Å²) in [7, 11) is 0. The predicted molar refractivity (Wildman–Crippen MR) is 80.2 cm³/mol. The lowest BCUT2D eigenvalue weighted by molar-refractivity contribution is -0.116. The van der Waals surface area contributed by atoms with Crippen molar-refractivity contribution in [2.24, 2.45) is 5.92 Å². The summed E-state index contributed by atoms with van der Waals surface area (Å²) in [4.78, 5) is 12.1. The van der Waals surface area contributed by atoms with Crippen LogP contribution in [-0.2, 0) is 4.79 Å². The second-order valence-corrected chi connectivity index (χ2v) is 5.85. The molecule has 0 saturated heterocycles. The zero-order valence-electron chi connectivity index (χ0n) is 11.0. The summed E-state index contributed by atoms with van der Waals surface area (Å²) >= 11 is 3.45. The summed E-state index contributed by atoms with van der Waals surface area (Å²) in [6.07, 6.45) is 6.93. The average molecular weight is 338 g/mol. The first-order valence-electron chi connectivity index (χ1n) is 6.78. The summed E-state index contributed by atoms with van der Waals surface area (Å²) in [5.74, 6) is 1.78. The van der Waals surface area contributed by atoms with Gasteiger partial charge in [0.2, 0.25) is 5.91 Å². The fraction of sp³-hybridized carbons (Fsp3) is 0.400. The second kappa shape index (κ2) is 5.87. The molecule has 4 nitrogen and oxygen atoms in total. The van der Waals surface area contributed by atoms with Crippen LogP contribution in [0.15, 0.2) is 28.8 Å².